The van der Waals surface area contributed by atoms with Crippen LogP contribution in [0.25, 0.3) is 0 Å². The lowest BCUT2D eigenvalue weighted by molar-refractivity contribution is -0.910. The molecule has 2 rings (SSSR count). The largest absolute Gasteiger partial charge is 1.00 e. The molecule has 0 unspecified atom stereocenters. The van der Waals surface area contributed by atoms with Gasteiger partial charge < -0.3 is 32.1 Å². The van der Waals surface area contributed by atoms with Gasteiger partial charge in [0.05, 0.1) is 46.9 Å². The van der Waals surface area contributed by atoms with Gasteiger partial charge in [0.25, 0.3) is 0 Å². The van der Waals surface area contributed by atoms with Gasteiger partial charge in [-0.25, -0.2) is 0 Å². The Morgan fingerprint density at radius 2 is 1.17 bits per heavy atom. The molecule has 2 aromatic rings. The molecule has 4 nitrogen and oxygen atoms in total. The van der Waals surface area contributed by atoms with E-state index in [2.05, 4.69) is 38.2 Å². The number of likely N-dealkylation sites (N-methyl/N-ethyl adjacent to an activating group) is 1. The monoisotopic (exact) mass is 456 g/mol. The molecule has 0 aliphatic heterocycles. The molecule has 0 radical (unpaired) electrons. The highest BCUT2D eigenvalue weighted by Gasteiger charge is 2.22. The van der Waals surface area contributed by atoms with Gasteiger partial charge in [-0.1, -0.05) is 24.3 Å². The Balaban J connectivity index is 0.00000420. The van der Waals surface area contributed by atoms with Crippen molar-refractivity contribution in [1.82, 2.24) is 0 Å². The maximum absolute atomic E-state index is 6.16. The smallest absolute Gasteiger partial charge is 0.118 e. The standard InChI is InChI=1S/C24H37N2O2.2ClH/c1-20(25)19-26(2,17-5-7-21-9-13-23(27-3)14-10-21)18-6-8-22-11-15-24(28-4)16-12-22;;/h9-16,20H,5-8,17-19,25H2,1-4H3;2*1H/q+1;;/p-1/t20-;;/m0../s1. The van der Waals surface area contributed by atoms with Crippen LogP contribution in [0.15, 0.2) is 48.5 Å². The number of methoxy groups -OCH3 is 2. The second-order valence-electron chi connectivity index (χ2n) is 8.13. The first-order valence-corrected chi connectivity index (χ1v) is 10.3. The van der Waals surface area contributed by atoms with Gasteiger partial charge in [0.2, 0.25) is 0 Å². The SMILES string of the molecule is COc1ccc(CCC[N+](C)(CCCc2ccc(OC)cc2)C[C@H](C)N)cc1.Cl.[Cl-]. The molecule has 0 aliphatic carbocycles. The third-order valence-corrected chi connectivity index (χ3v) is 5.37. The molecule has 2 aromatic carbocycles. The summed E-state index contributed by atoms with van der Waals surface area (Å²) in [6.45, 7) is 5.43. The number of hydrogen-bond acceptors (Lipinski definition) is 3. The molecule has 0 fully saturated rings. The molecule has 0 heterocycles. The highest BCUT2D eigenvalue weighted by Crippen LogP contribution is 2.16. The van der Waals surface area contributed by atoms with Crippen LogP contribution in [0.3, 0.4) is 0 Å². The van der Waals surface area contributed by atoms with Gasteiger partial charge in [-0.15, -0.1) is 12.4 Å². The van der Waals surface area contributed by atoms with E-state index in [1.807, 2.05) is 24.3 Å². The van der Waals surface area contributed by atoms with Gasteiger partial charge in [-0.2, -0.15) is 0 Å². The van der Waals surface area contributed by atoms with Crippen molar-refractivity contribution in [3.8, 4) is 11.5 Å². The molecule has 0 spiro atoms. The van der Waals surface area contributed by atoms with E-state index >= 15 is 0 Å². The lowest BCUT2D eigenvalue weighted by Crippen LogP contribution is -3.00. The normalized spacial score (nSPS) is 11.8. The summed E-state index contributed by atoms with van der Waals surface area (Å²) in [4.78, 5) is 0. The van der Waals surface area contributed by atoms with Gasteiger partial charge in [0.1, 0.15) is 11.5 Å². The molecular weight excluding hydrogens is 419 g/mol. The van der Waals surface area contributed by atoms with Crippen molar-refractivity contribution >= 4 is 12.4 Å². The van der Waals surface area contributed by atoms with E-state index in [4.69, 9.17) is 15.2 Å². The second-order valence-corrected chi connectivity index (χ2v) is 8.13. The van der Waals surface area contributed by atoms with Crippen molar-refractivity contribution in [3.05, 3.63) is 59.7 Å². The van der Waals surface area contributed by atoms with Crippen LogP contribution in [0.5, 0.6) is 11.5 Å². The van der Waals surface area contributed by atoms with E-state index in [0.29, 0.717) is 0 Å². The maximum Gasteiger partial charge on any atom is 0.118 e. The Labute approximate surface area is 195 Å². The topological polar surface area (TPSA) is 44.5 Å². The zero-order valence-electron chi connectivity index (χ0n) is 18.8. The van der Waals surface area contributed by atoms with E-state index in [0.717, 1.165) is 61.3 Å². The number of halogens is 2. The maximum atomic E-state index is 6.16. The van der Waals surface area contributed by atoms with E-state index in [-0.39, 0.29) is 30.9 Å². The first-order chi connectivity index (χ1) is 13.4. The van der Waals surface area contributed by atoms with E-state index in [9.17, 15) is 0 Å². The molecule has 1 atom stereocenters. The highest BCUT2D eigenvalue weighted by molar-refractivity contribution is 5.85. The summed E-state index contributed by atoms with van der Waals surface area (Å²) >= 11 is 0. The third kappa shape index (κ3) is 10.0. The van der Waals surface area contributed by atoms with Crippen LogP contribution in [-0.2, 0) is 12.8 Å². The van der Waals surface area contributed by atoms with Crippen LogP contribution in [0.4, 0.5) is 0 Å². The van der Waals surface area contributed by atoms with E-state index in [1.54, 1.807) is 14.2 Å². The molecule has 0 amide bonds. The summed E-state index contributed by atoms with van der Waals surface area (Å²) in [6, 6.07) is 17.0. The lowest BCUT2D eigenvalue weighted by atomic mass is 10.1. The molecule has 0 aromatic heterocycles. The van der Waals surface area contributed by atoms with Gasteiger partial charge >= 0.3 is 0 Å². The van der Waals surface area contributed by atoms with E-state index < -0.39 is 0 Å². The number of nitrogens with two attached hydrogens (primary N) is 1. The van der Waals surface area contributed by atoms with Crippen LogP contribution in [0.1, 0.15) is 30.9 Å². The van der Waals surface area contributed by atoms with Gasteiger partial charge in [-0.05, 0) is 55.2 Å². The minimum Gasteiger partial charge on any atom is -1.00 e. The van der Waals surface area contributed by atoms with Crippen LogP contribution in [-0.4, -0.2) is 51.4 Å². The molecule has 0 bridgehead atoms. The van der Waals surface area contributed by atoms with E-state index in [1.165, 1.54) is 11.1 Å². The number of nitrogens with zero attached hydrogens (tertiary/aromatic N) is 1. The van der Waals surface area contributed by atoms with Gasteiger partial charge in [-0.3, -0.25) is 0 Å². The number of aryl methyl sites for hydroxylation is 2. The van der Waals surface area contributed by atoms with Gasteiger partial charge in [0, 0.05) is 12.8 Å². The average Bonchev–Trinajstić information content (AvgIpc) is 2.68. The molecule has 0 saturated heterocycles. The zero-order chi connectivity index (χ0) is 20.4. The number of benzene rings is 2. The van der Waals surface area contributed by atoms with Crippen molar-refractivity contribution in [2.75, 3.05) is 40.9 Å². The van der Waals surface area contributed by atoms with Crippen LogP contribution in [0, 0.1) is 0 Å². The third-order valence-electron chi connectivity index (χ3n) is 5.37. The van der Waals surface area contributed by atoms with Crippen molar-refractivity contribution in [1.29, 1.82) is 0 Å². The highest BCUT2D eigenvalue weighted by atomic mass is 35.5. The fourth-order valence-electron chi connectivity index (χ4n) is 3.90. The Bertz CT molecular complexity index is 638. The lowest BCUT2D eigenvalue weighted by Gasteiger charge is -2.36. The fraction of sp³-hybridized carbons (Fsp3) is 0.500. The summed E-state index contributed by atoms with van der Waals surface area (Å²) < 4.78 is 11.5. The Hall–Kier alpha value is -1.46. The Morgan fingerprint density at radius 3 is 1.47 bits per heavy atom. The molecule has 170 valence electrons. The van der Waals surface area contributed by atoms with Crippen LogP contribution in [0.2, 0.25) is 0 Å². The predicted octanol–water partition coefficient (Wildman–Crippen LogP) is 1.49. The second kappa shape index (κ2) is 14.5. The Morgan fingerprint density at radius 1 is 0.800 bits per heavy atom. The summed E-state index contributed by atoms with van der Waals surface area (Å²) in [5, 5.41) is 0. The van der Waals surface area contributed by atoms with Crippen molar-refractivity contribution in [2.45, 2.75) is 38.6 Å². The van der Waals surface area contributed by atoms with Crippen molar-refractivity contribution in [3.63, 3.8) is 0 Å². The Kier molecular flexibility index (Phi) is 13.8. The molecule has 2 N–H and O–H groups in total. The number of ether oxygens (including phenoxy) is 2. The molecule has 30 heavy (non-hydrogen) atoms. The summed E-state index contributed by atoms with van der Waals surface area (Å²) in [7, 11) is 5.76. The van der Waals surface area contributed by atoms with Crippen LogP contribution >= 0.6 is 12.4 Å². The van der Waals surface area contributed by atoms with Crippen LogP contribution < -0.4 is 27.6 Å². The molecule has 0 saturated carbocycles. The number of rotatable bonds is 12. The predicted molar refractivity (Wildman–Crippen MR) is 124 cm³/mol. The quantitative estimate of drug-likeness (QED) is 0.492. The molecule has 6 heteroatoms. The van der Waals surface area contributed by atoms with Gasteiger partial charge in [0.15, 0.2) is 0 Å². The molecular formula is C24H38Cl2N2O2. The first kappa shape index (κ1) is 28.5. The molecule has 0 aliphatic rings. The minimum atomic E-state index is 0. The van der Waals surface area contributed by atoms with Crippen molar-refractivity contribution < 1.29 is 26.4 Å². The zero-order valence-corrected chi connectivity index (χ0v) is 20.3. The summed E-state index contributed by atoms with van der Waals surface area (Å²) in [6.07, 6.45) is 4.51. The number of hydrogen-bond donors (Lipinski definition) is 1. The minimum absolute atomic E-state index is 0. The first-order valence-electron chi connectivity index (χ1n) is 10.3. The number of quaternary nitrogens is 1. The summed E-state index contributed by atoms with van der Waals surface area (Å²) in [5.74, 6) is 1.83. The van der Waals surface area contributed by atoms with Crippen molar-refractivity contribution in [2.24, 2.45) is 5.73 Å². The fourth-order valence-corrected chi connectivity index (χ4v) is 3.90. The average molecular weight is 457 g/mol. The summed E-state index contributed by atoms with van der Waals surface area (Å²) in [5.41, 5.74) is 8.90.